The van der Waals surface area contributed by atoms with Gasteiger partial charge in [-0.2, -0.15) is 0 Å². The molecule has 0 saturated carbocycles. The van der Waals surface area contributed by atoms with Crippen molar-refractivity contribution in [1.29, 1.82) is 0 Å². The average molecular weight is 353 g/mol. The fourth-order valence-corrected chi connectivity index (χ4v) is 3.45. The van der Waals surface area contributed by atoms with Crippen LogP contribution in [0.3, 0.4) is 0 Å². The topological polar surface area (TPSA) is 58.4 Å². The molecule has 0 aliphatic carbocycles. The summed E-state index contributed by atoms with van der Waals surface area (Å²) in [5, 5.41) is 7.59. The molecular weight excluding hydrogens is 333 g/mol. The van der Waals surface area contributed by atoms with Crippen LogP contribution in [-0.2, 0) is 6.42 Å². The Labute approximate surface area is 150 Å². The molecule has 1 saturated heterocycles. The molecule has 26 heavy (non-hydrogen) atoms. The maximum Gasteiger partial charge on any atom is 0.323 e. The van der Waals surface area contributed by atoms with Crippen LogP contribution in [0.1, 0.15) is 18.4 Å². The lowest BCUT2D eigenvalue weighted by Crippen LogP contribution is -2.41. The number of benzene rings is 2. The molecule has 2 aromatic carbocycles. The predicted molar refractivity (Wildman–Crippen MR) is 97.4 cm³/mol. The van der Waals surface area contributed by atoms with E-state index in [-0.39, 0.29) is 11.8 Å². The van der Waals surface area contributed by atoms with Crippen LogP contribution in [0.4, 0.5) is 15.0 Å². The number of likely N-dealkylation sites (tertiary alicyclic amines) is 1. The fraction of sp³-hybridized carbons (Fsp3) is 0.300. The number of carbonyl (C=O) groups is 1. The van der Waals surface area contributed by atoms with E-state index in [4.69, 9.17) is 4.52 Å². The summed E-state index contributed by atoms with van der Waals surface area (Å²) in [7, 11) is 0. The van der Waals surface area contributed by atoms with E-state index in [0.717, 1.165) is 30.2 Å². The van der Waals surface area contributed by atoms with Crippen LogP contribution < -0.4 is 5.32 Å². The molecule has 6 heteroatoms. The number of rotatable bonds is 3. The van der Waals surface area contributed by atoms with Crippen LogP contribution in [0, 0.1) is 11.7 Å². The normalized spacial score (nSPS) is 15.3. The highest BCUT2D eigenvalue weighted by Crippen LogP contribution is 2.25. The van der Waals surface area contributed by atoms with Crippen molar-refractivity contribution in [2.24, 2.45) is 5.92 Å². The van der Waals surface area contributed by atoms with Crippen molar-refractivity contribution in [3.8, 4) is 0 Å². The van der Waals surface area contributed by atoms with Gasteiger partial charge in [-0.3, -0.25) is 5.32 Å². The number of carbonyl (C=O) groups excluding carboxylic acids is 1. The highest BCUT2D eigenvalue weighted by atomic mass is 19.1. The zero-order chi connectivity index (χ0) is 17.9. The van der Waals surface area contributed by atoms with Crippen molar-refractivity contribution in [3.05, 3.63) is 59.9 Å². The maximum absolute atomic E-state index is 13.0. The van der Waals surface area contributed by atoms with Gasteiger partial charge in [-0.25, -0.2) is 9.18 Å². The molecule has 0 atom stereocenters. The summed E-state index contributed by atoms with van der Waals surface area (Å²) in [5.74, 6) is 0.761. The van der Waals surface area contributed by atoms with Gasteiger partial charge in [-0.05, 0) is 55.0 Å². The Morgan fingerprint density at radius 2 is 1.88 bits per heavy atom. The number of aromatic nitrogens is 1. The highest BCUT2D eigenvalue weighted by molar-refractivity contribution is 5.98. The highest BCUT2D eigenvalue weighted by Gasteiger charge is 2.24. The lowest BCUT2D eigenvalue weighted by molar-refractivity contribution is 0.182. The third-order valence-electron chi connectivity index (χ3n) is 4.94. The first-order valence-corrected chi connectivity index (χ1v) is 8.84. The molecule has 5 nitrogen and oxygen atoms in total. The summed E-state index contributed by atoms with van der Waals surface area (Å²) in [6.45, 7) is 1.40. The summed E-state index contributed by atoms with van der Waals surface area (Å²) in [6.07, 6.45) is 2.79. The van der Waals surface area contributed by atoms with E-state index >= 15 is 0 Å². The Balaban J connectivity index is 1.32. The number of halogens is 1. The van der Waals surface area contributed by atoms with Crippen molar-refractivity contribution in [2.45, 2.75) is 19.3 Å². The lowest BCUT2D eigenvalue weighted by atomic mass is 9.90. The fourth-order valence-electron chi connectivity index (χ4n) is 3.45. The molecule has 1 aromatic heterocycles. The zero-order valence-electron chi connectivity index (χ0n) is 14.3. The molecule has 1 aliphatic heterocycles. The van der Waals surface area contributed by atoms with Crippen LogP contribution in [0.25, 0.3) is 11.0 Å². The second kappa shape index (κ2) is 7.15. The van der Waals surface area contributed by atoms with E-state index in [2.05, 4.69) is 10.5 Å². The molecular formula is C20H20FN3O2. The van der Waals surface area contributed by atoms with Gasteiger partial charge < -0.3 is 9.42 Å². The van der Waals surface area contributed by atoms with E-state index in [0.29, 0.717) is 30.4 Å². The monoisotopic (exact) mass is 353 g/mol. The smallest absolute Gasteiger partial charge is 0.323 e. The number of nitrogens with zero attached hydrogens (tertiary/aromatic N) is 2. The summed E-state index contributed by atoms with van der Waals surface area (Å²) < 4.78 is 18.2. The Hall–Kier alpha value is -2.89. The van der Waals surface area contributed by atoms with Crippen molar-refractivity contribution in [2.75, 3.05) is 18.4 Å². The van der Waals surface area contributed by atoms with E-state index < -0.39 is 0 Å². The van der Waals surface area contributed by atoms with Crippen molar-refractivity contribution >= 4 is 22.8 Å². The first-order chi connectivity index (χ1) is 12.7. The van der Waals surface area contributed by atoms with Crippen LogP contribution in [0.15, 0.2) is 53.1 Å². The summed E-state index contributed by atoms with van der Waals surface area (Å²) in [6, 6.07) is 14.0. The Morgan fingerprint density at radius 1 is 1.15 bits per heavy atom. The Morgan fingerprint density at radius 3 is 2.65 bits per heavy atom. The third kappa shape index (κ3) is 3.54. The Kier molecular flexibility index (Phi) is 4.56. The van der Waals surface area contributed by atoms with Crippen molar-refractivity contribution in [1.82, 2.24) is 10.1 Å². The standard InChI is InChI=1S/C20H20FN3O2/c21-16-7-5-14(6-8-16)13-15-9-11-24(12-10-15)20(25)22-19-17-3-1-2-4-18(17)26-23-19/h1-8,15H,9-13H2,(H,22,23,25). The van der Waals surface area contributed by atoms with Crippen LogP contribution in [0.5, 0.6) is 0 Å². The molecule has 0 bridgehead atoms. The number of fused-ring (bicyclic) bond motifs is 1. The third-order valence-corrected chi connectivity index (χ3v) is 4.94. The number of hydrogen-bond acceptors (Lipinski definition) is 3. The quantitative estimate of drug-likeness (QED) is 0.757. The average Bonchev–Trinajstić information content (AvgIpc) is 3.07. The van der Waals surface area contributed by atoms with Gasteiger partial charge in [0.15, 0.2) is 11.4 Å². The molecule has 3 aromatic rings. The number of nitrogens with one attached hydrogen (secondary N) is 1. The molecule has 1 N–H and O–H groups in total. The second-order valence-corrected chi connectivity index (χ2v) is 6.72. The van der Waals surface area contributed by atoms with Gasteiger partial charge in [-0.15, -0.1) is 0 Å². The van der Waals surface area contributed by atoms with Gasteiger partial charge in [0.25, 0.3) is 0 Å². The van der Waals surface area contributed by atoms with E-state index in [1.807, 2.05) is 41.3 Å². The summed E-state index contributed by atoms with van der Waals surface area (Å²) >= 11 is 0. The van der Waals surface area contributed by atoms with Crippen LogP contribution in [0.2, 0.25) is 0 Å². The molecule has 0 unspecified atom stereocenters. The van der Waals surface area contributed by atoms with E-state index in [1.54, 1.807) is 0 Å². The van der Waals surface area contributed by atoms with Crippen LogP contribution >= 0.6 is 0 Å². The largest absolute Gasteiger partial charge is 0.354 e. The number of amides is 2. The number of hydrogen-bond donors (Lipinski definition) is 1. The number of anilines is 1. The van der Waals surface area contributed by atoms with E-state index in [9.17, 15) is 9.18 Å². The summed E-state index contributed by atoms with van der Waals surface area (Å²) in [4.78, 5) is 14.3. The lowest BCUT2D eigenvalue weighted by Gasteiger charge is -2.31. The molecule has 0 spiro atoms. The molecule has 134 valence electrons. The number of piperidine rings is 1. The van der Waals surface area contributed by atoms with Crippen molar-refractivity contribution < 1.29 is 13.7 Å². The van der Waals surface area contributed by atoms with E-state index in [1.165, 1.54) is 12.1 Å². The van der Waals surface area contributed by atoms with Crippen LogP contribution in [-0.4, -0.2) is 29.2 Å². The molecule has 2 heterocycles. The van der Waals surface area contributed by atoms with Gasteiger partial charge in [-0.1, -0.05) is 29.4 Å². The van der Waals surface area contributed by atoms with Gasteiger partial charge >= 0.3 is 6.03 Å². The van der Waals surface area contributed by atoms with Gasteiger partial charge in [0.05, 0.1) is 5.39 Å². The van der Waals surface area contributed by atoms with Gasteiger partial charge in [0.1, 0.15) is 5.82 Å². The molecule has 1 fully saturated rings. The van der Waals surface area contributed by atoms with Gasteiger partial charge in [0, 0.05) is 13.1 Å². The number of para-hydroxylation sites is 1. The number of urea groups is 1. The minimum atomic E-state index is -0.208. The summed E-state index contributed by atoms with van der Waals surface area (Å²) in [5.41, 5.74) is 1.80. The molecule has 1 aliphatic rings. The Bertz CT molecular complexity index is 899. The first kappa shape index (κ1) is 16.6. The van der Waals surface area contributed by atoms with Crippen molar-refractivity contribution in [3.63, 3.8) is 0 Å². The maximum atomic E-state index is 13.0. The minimum absolute atomic E-state index is 0.149. The molecule has 4 rings (SSSR count). The zero-order valence-corrected chi connectivity index (χ0v) is 14.3. The molecule has 2 amide bonds. The second-order valence-electron chi connectivity index (χ2n) is 6.72. The predicted octanol–water partition coefficient (Wildman–Crippen LogP) is 4.45. The van der Waals surface area contributed by atoms with Gasteiger partial charge in [0.2, 0.25) is 0 Å². The SMILES string of the molecule is O=C(Nc1noc2ccccc12)N1CCC(Cc2ccc(F)cc2)CC1. The molecule has 0 radical (unpaired) electrons. The first-order valence-electron chi connectivity index (χ1n) is 8.84. The minimum Gasteiger partial charge on any atom is -0.354 e.